The summed E-state index contributed by atoms with van der Waals surface area (Å²) in [5.41, 5.74) is 19.0. The Balaban J connectivity index is 0.00000193. The second-order valence-electron chi connectivity index (χ2n) is 18.3. The minimum atomic E-state index is -0.833. The number of carbonyl (C=O) groups excluding carboxylic acids is 5. The van der Waals surface area contributed by atoms with Gasteiger partial charge in [-0.3, -0.25) is 48.1 Å². The molecule has 0 saturated carbocycles. The molecule has 70 heavy (non-hydrogen) atoms. The standard InChI is InChI=1S/C50H64N6O10.C2H4O2/c1-32(37(18-21-44(52)58)30-43(57)42-29-38-10-3-8-36-17-19-39(51)49(61)56(42)46(36)38)66-31-34-15-13-33(14-16-34)7-5-23-63-25-27-65-28-26-64-24-6-11-35-9-4-12-40-47(35)54(2)50(62)55(40)41-20-22-45(59)53-48(41)60;1-2(3)4/h3-4,8-10,12-16,32,37,39,41-42H,5-7,11,17-31,51H2,1-2H3,(H2,52,58)(H,53,59,60);1H3,(H,3,4)/t32-,37-,39+,41?,42+;/m1./s1. The maximum absolute atomic E-state index is 14.0. The predicted molar refractivity (Wildman–Crippen MR) is 261 cm³/mol. The second-order valence-corrected chi connectivity index (χ2v) is 18.3. The Morgan fingerprint density at radius 2 is 1.46 bits per heavy atom. The molecule has 0 aliphatic carbocycles. The number of hydrogen-bond donors (Lipinski definition) is 4. The predicted octanol–water partition coefficient (Wildman–Crippen LogP) is 4.00. The van der Waals surface area contributed by atoms with Crippen LogP contribution in [0.15, 0.2) is 65.5 Å². The lowest BCUT2D eigenvalue weighted by Gasteiger charge is -2.29. The molecule has 6 N–H and O–H groups in total. The molecule has 3 aliphatic heterocycles. The summed E-state index contributed by atoms with van der Waals surface area (Å²) in [6, 6.07) is 17.9. The van der Waals surface area contributed by atoms with Gasteiger partial charge in [-0.1, -0.05) is 54.6 Å². The fraction of sp³-hybridized carbons (Fsp3) is 0.519. The summed E-state index contributed by atoms with van der Waals surface area (Å²) < 4.78 is 26.6. The van der Waals surface area contributed by atoms with Crippen molar-refractivity contribution in [3.8, 4) is 0 Å². The van der Waals surface area contributed by atoms with Crippen LogP contribution in [-0.4, -0.2) is 107 Å². The Labute approximate surface area is 407 Å². The third-order valence-corrected chi connectivity index (χ3v) is 13.2. The minimum Gasteiger partial charge on any atom is -0.481 e. The highest BCUT2D eigenvalue weighted by molar-refractivity contribution is 6.07. The monoisotopic (exact) mass is 968 g/mol. The number of aryl methyl sites for hydroxylation is 4. The van der Waals surface area contributed by atoms with Gasteiger partial charge in [-0.2, -0.15) is 0 Å². The number of nitrogens with two attached hydrogens (primary N) is 2. The van der Waals surface area contributed by atoms with E-state index in [1.165, 1.54) is 10.1 Å². The number of imide groups is 1. The number of para-hydroxylation sites is 2. The van der Waals surface area contributed by atoms with Crippen molar-refractivity contribution in [3.63, 3.8) is 0 Å². The number of hydrogen-bond acceptors (Lipinski definition) is 12. The summed E-state index contributed by atoms with van der Waals surface area (Å²) in [6.07, 6.45) is 5.70. The van der Waals surface area contributed by atoms with Gasteiger partial charge in [0.15, 0.2) is 5.78 Å². The molecule has 0 radical (unpaired) electrons. The average Bonchev–Trinajstić information content (AvgIpc) is 3.80. The molecular weight excluding hydrogens is 901 g/mol. The van der Waals surface area contributed by atoms with E-state index in [1.54, 1.807) is 16.5 Å². The van der Waals surface area contributed by atoms with E-state index in [4.69, 9.17) is 40.3 Å². The number of ketones is 1. The maximum Gasteiger partial charge on any atom is 0.329 e. The van der Waals surface area contributed by atoms with E-state index >= 15 is 0 Å². The lowest BCUT2D eigenvalue weighted by molar-refractivity contribution is -0.136. The molecular formula is C52H68N6O12. The first-order valence-electron chi connectivity index (χ1n) is 24.3. The SMILES string of the molecule is CC(=O)O.C[C@@H](OCc1ccc(CCCOCCOCCOCCCc2cccc3c2n(C)c(=O)n3C2CCC(=O)NC2=O)cc1)[C@H](CCC(N)=O)CC(=O)[C@@H]1Cc2cccc3c2N1C(=O)[C@@H](N)CC3. The van der Waals surface area contributed by atoms with E-state index in [1.807, 2.05) is 55.5 Å². The topological polar surface area (TPSA) is 254 Å². The van der Waals surface area contributed by atoms with Crippen LogP contribution < -0.4 is 27.4 Å². The number of anilines is 1. The number of Topliss-reactive ketones (excluding diaryl/α,β-unsaturated/α-hetero) is 1. The highest BCUT2D eigenvalue weighted by atomic mass is 16.5. The molecule has 378 valence electrons. The van der Waals surface area contributed by atoms with Gasteiger partial charge in [0.1, 0.15) is 6.04 Å². The zero-order chi connectivity index (χ0) is 50.3. The molecule has 4 aromatic rings. The average molecular weight is 969 g/mol. The van der Waals surface area contributed by atoms with Crippen LogP contribution in [0.3, 0.4) is 0 Å². The smallest absolute Gasteiger partial charge is 0.329 e. The van der Waals surface area contributed by atoms with E-state index in [0.29, 0.717) is 90.3 Å². The number of amides is 4. The molecule has 1 aromatic heterocycles. The summed E-state index contributed by atoms with van der Waals surface area (Å²) >= 11 is 0. The van der Waals surface area contributed by atoms with Crippen LogP contribution in [0.25, 0.3) is 11.0 Å². The molecule has 18 heteroatoms. The fourth-order valence-corrected chi connectivity index (χ4v) is 9.54. The van der Waals surface area contributed by atoms with Crippen LogP contribution >= 0.6 is 0 Å². The zero-order valence-electron chi connectivity index (χ0n) is 40.5. The van der Waals surface area contributed by atoms with Crippen molar-refractivity contribution >= 4 is 52.1 Å². The summed E-state index contributed by atoms with van der Waals surface area (Å²) in [5.74, 6) is -2.57. The fourth-order valence-electron chi connectivity index (χ4n) is 9.54. The number of carbonyl (C=O) groups is 6. The lowest BCUT2D eigenvalue weighted by Crippen LogP contribution is -2.50. The number of benzene rings is 3. The van der Waals surface area contributed by atoms with Crippen LogP contribution in [0, 0.1) is 5.92 Å². The van der Waals surface area contributed by atoms with Crippen molar-refractivity contribution in [3.05, 3.63) is 99.0 Å². The third-order valence-electron chi connectivity index (χ3n) is 13.2. The molecule has 3 aromatic carbocycles. The molecule has 0 bridgehead atoms. The van der Waals surface area contributed by atoms with Gasteiger partial charge in [0.05, 0.1) is 67.9 Å². The number of carboxylic acids is 1. The van der Waals surface area contributed by atoms with E-state index in [-0.39, 0.29) is 54.6 Å². The second kappa shape index (κ2) is 25.7. The van der Waals surface area contributed by atoms with Crippen molar-refractivity contribution in [1.29, 1.82) is 0 Å². The number of ether oxygens (including phenoxy) is 4. The van der Waals surface area contributed by atoms with Crippen molar-refractivity contribution in [2.24, 2.45) is 24.4 Å². The summed E-state index contributed by atoms with van der Waals surface area (Å²) in [7, 11) is 1.71. The number of imidazole rings is 1. The van der Waals surface area contributed by atoms with Crippen molar-refractivity contribution in [2.75, 3.05) is 44.5 Å². The van der Waals surface area contributed by atoms with Crippen molar-refractivity contribution in [2.45, 2.75) is 122 Å². The van der Waals surface area contributed by atoms with Gasteiger partial charge in [-0.25, -0.2) is 4.79 Å². The minimum absolute atomic E-state index is 0.0641. The molecule has 5 atom stereocenters. The number of piperidine rings is 1. The van der Waals surface area contributed by atoms with Crippen LogP contribution in [0.1, 0.15) is 99.1 Å². The number of aliphatic carboxylic acids is 1. The summed E-state index contributed by atoms with van der Waals surface area (Å²) in [5, 5.41) is 9.77. The van der Waals surface area contributed by atoms with Crippen LogP contribution in [-0.2, 0) is 87.1 Å². The van der Waals surface area contributed by atoms with Gasteiger partial charge in [-0.05, 0) is 98.1 Å². The quantitative estimate of drug-likeness (QED) is 0.0542. The molecule has 1 saturated heterocycles. The van der Waals surface area contributed by atoms with E-state index in [0.717, 1.165) is 59.6 Å². The molecule has 4 heterocycles. The van der Waals surface area contributed by atoms with Crippen LogP contribution in [0.4, 0.5) is 5.69 Å². The molecule has 18 nitrogen and oxygen atoms in total. The number of nitrogens with zero attached hydrogens (tertiary/aromatic N) is 3. The van der Waals surface area contributed by atoms with E-state index < -0.39 is 35.9 Å². The van der Waals surface area contributed by atoms with Gasteiger partial charge in [-0.15, -0.1) is 0 Å². The number of carboxylic acid groups (broad SMARTS) is 1. The molecule has 7 rings (SSSR count). The number of fused-ring (bicyclic) bond motifs is 1. The Morgan fingerprint density at radius 1 is 0.829 bits per heavy atom. The van der Waals surface area contributed by atoms with Gasteiger partial charge in [0.2, 0.25) is 23.6 Å². The van der Waals surface area contributed by atoms with Crippen LogP contribution in [0.2, 0.25) is 0 Å². The first-order chi connectivity index (χ1) is 33.6. The molecule has 3 aliphatic rings. The molecule has 4 amide bonds. The molecule has 0 spiro atoms. The summed E-state index contributed by atoms with van der Waals surface area (Å²) in [4.78, 5) is 87.2. The summed E-state index contributed by atoms with van der Waals surface area (Å²) in [6.45, 7) is 6.36. The Morgan fingerprint density at radius 3 is 2.13 bits per heavy atom. The highest BCUT2D eigenvalue weighted by Crippen LogP contribution is 2.40. The normalized spacial score (nSPS) is 18.4. The lowest BCUT2D eigenvalue weighted by atomic mass is 9.89. The third kappa shape index (κ3) is 14.1. The largest absolute Gasteiger partial charge is 0.481 e. The Kier molecular flexibility index (Phi) is 19.6. The highest BCUT2D eigenvalue weighted by Gasteiger charge is 2.43. The van der Waals surface area contributed by atoms with Gasteiger partial charge in [0, 0.05) is 52.9 Å². The number of aromatic nitrogens is 2. The van der Waals surface area contributed by atoms with Crippen LogP contribution in [0.5, 0.6) is 0 Å². The van der Waals surface area contributed by atoms with Crippen molar-refractivity contribution in [1.82, 2.24) is 14.5 Å². The molecule has 1 unspecified atom stereocenters. The first kappa shape index (κ1) is 53.3. The van der Waals surface area contributed by atoms with E-state index in [9.17, 15) is 28.8 Å². The van der Waals surface area contributed by atoms with Crippen molar-refractivity contribution < 1.29 is 52.8 Å². The Bertz CT molecular complexity index is 2530. The first-order valence-corrected chi connectivity index (χ1v) is 24.3. The number of primary amides is 1. The van der Waals surface area contributed by atoms with Gasteiger partial charge < -0.3 is 35.5 Å². The van der Waals surface area contributed by atoms with E-state index in [2.05, 4.69) is 17.4 Å². The molecule has 1 fully saturated rings. The maximum atomic E-state index is 14.0. The zero-order valence-corrected chi connectivity index (χ0v) is 40.5. The van der Waals surface area contributed by atoms with Gasteiger partial charge >= 0.3 is 5.69 Å². The van der Waals surface area contributed by atoms with Gasteiger partial charge in [0.25, 0.3) is 5.97 Å². The number of rotatable bonds is 25. The Hall–Kier alpha value is -6.05. The number of nitrogens with one attached hydrogen (secondary N) is 1.